The molecule has 0 aromatic rings. The molecule has 52 valence electrons. The van der Waals surface area contributed by atoms with E-state index in [1.807, 2.05) is 0 Å². The molecule has 2 N–H and O–H groups in total. The minimum absolute atomic E-state index is 0.223. The van der Waals surface area contributed by atoms with E-state index in [1.54, 1.807) is 6.92 Å². The summed E-state index contributed by atoms with van der Waals surface area (Å²) in [6.45, 7) is 2.49. The van der Waals surface area contributed by atoms with Crippen LogP contribution in [0.4, 0.5) is 0 Å². The second-order valence-corrected chi connectivity index (χ2v) is 2.53. The van der Waals surface area contributed by atoms with Gasteiger partial charge in [0, 0.05) is 12.6 Å². The number of hydrogen-bond donors (Lipinski definition) is 2. The molecule has 0 aromatic carbocycles. The minimum Gasteiger partial charge on any atom is -0.392 e. The molecule has 0 saturated carbocycles. The van der Waals surface area contributed by atoms with Gasteiger partial charge in [0.05, 0.1) is 6.10 Å². The van der Waals surface area contributed by atoms with Crippen LogP contribution in [-0.4, -0.2) is 23.8 Å². The fourth-order valence-corrected chi connectivity index (χ4v) is 0.745. The first-order valence-electron chi connectivity index (χ1n) is 3.37. The van der Waals surface area contributed by atoms with Crippen molar-refractivity contribution >= 4 is 0 Å². The molecule has 9 heavy (non-hydrogen) atoms. The molecule has 0 fully saturated rings. The Bertz CT molecular complexity index is 109. The van der Waals surface area contributed by atoms with Gasteiger partial charge in [0.1, 0.15) is 0 Å². The molecule has 0 heterocycles. The van der Waals surface area contributed by atoms with Gasteiger partial charge in [-0.3, -0.25) is 0 Å². The van der Waals surface area contributed by atoms with Crippen LogP contribution >= 0.6 is 0 Å². The van der Waals surface area contributed by atoms with Gasteiger partial charge in [-0.25, -0.2) is 0 Å². The Morgan fingerprint density at radius 1 is 1.89 bits per heavy atom. The van der Waals surface area contributed by atoms with E-state index in [4.69, 9.17) is 5.11 Å². The molecule has 1 aliphatic carbocycles. The summed E-state index contributed by atoms with van der Waals surface area (Å²) >= 11 is 0. The Morgan fingerprint density at radius 3 is 2.89 bits per heavy atom. The summed E-state index contributed by atoms with van der Waals surface area (Å²) < 4.78 is 0. The van der Waals surface area contributed by atoms with Crippen molar-refractivity contribution in [3.63, 3.8) is 0 Å². The molecule has 1 rings (SSSR count). The highest BCUT2D eigenvalue weighted by atomic mass is 16.3. The number of nitrogens with one attached hydrogen (secondary N) is 1. The molecule has 0 bridgehead atoms. The molecule has 0 saturated heterocycles. The van der Waals surface area contributed by atoms with Gasteiger partial charge in [0.25, 0.3) is 0 Å². The lowest BCUT2D eigenvalue weighted by Gasteiger charge is -2.19. The third kappa shape index (κ3) is 2.16. The number of rotatable bonds is 3. The first-order chi connectivity index (χ1) is 4.29. The van der Waals surface area contributed by atoms with Gasteiger partial charge in [-0.05, 0) is 13.3 Å². The van der Waals surface area contributed by atoms with E-state index in [9.17, 15) is 0 Å². The normalized spacial score (nSPS) is 27.6. The van der Waals surface area contributed by atoms with Crippen LogP contribution in [0.3, 0.4) is 0 Å². The molecule has 0 radical (unpaired) electrons. The summed E-state index contributed by atoms with van der Waals surface area (Å²) in [5, 5.41) is 12.0. The van der Waals surface area contributed by atoms with Crippen molar-refractivity contribution in [2.24, 2.45) is 0 Å². The smallest absolute Gasteiger partial charge is 0.0636 e. The average molecular weight is 127 g/mol. The number of aliphatic hydroxyl groups excluding tert-OH is 1. The Hall–Kier alpha value is -0.340. The zero-order valence-electron chi connectivity index (χ0n) is 5.67. The van der Waals surface area contributed by atoms with Crippen molar-refractivity contribution in [2.45, 2.75) is 25.5 Å². The van der Waals surface area contributed by atoms with Crippen molar-refractivity contribution in [3.05, 3.63) is 12.2 Å². The van der Waals surface area contributed by atoms with Crippen molar-refractivity contribution in [1.82, 2.24) is 5.32 Å². The fraction of sp³-hybridized carbons (Fsp3) is 0.714. The molecule has 0 aromatic heterocycles. The van der Waals surface area contributed by atoms with E-state index in [0.29, 0.717) is 12.6 Å². The van der Waals surface area contributed by atoms with Crippen LogP contribution in [0, 0.1) is 0 Å². The molecule has 2 nitrogen and oxygen atoms in total. The summed E-state index contributed by atoms with van der Waals surface area (Å²) in [5.74, 6) is 0. The van der Waals surface area contributed by atoms with Crippen LogP contribution in [0.2, 0.25) is 0 Å². The largest absolute Gasteiger partial charge is 0.392 e. The monoisotopic (exact) mass is 127 g/mol. The van der Waals surface area contributed by atoms with Crippen molar-refractivity contribution in [2.75, 3.05) is 6.54 Å². The fourth-order valence-electron chi connectivity index (χ4n) is 0.745. The van der Waals surface area contributed by atoms with Crippen molar-refractivity contribution in [1.29, 1.82) is 0 Å². The maximum atomic E-state index is 8.83. The predicted octanol–water partition coefficient (Wildman–Crippen LogP) is 0.285. The lowest BCUT2D eigenvalue weighted by molar-refractivity contribution is 0.188. The maximum Gasteiger partial charge on any atom is 0.0636 e. The molecule has 1 unspecified atom stereocenters. The molecular formula is C7H13NO. The Kier molecular flexibility index (Phi) is 2.25. The van der Waals surface area contributed by atoms with E-state index in [0.717, 1.165) is 6.42 Å². The van der Waals surface area contributed by atoms with Gasteiger partial charge in [-0.1, -0.05) is 12.2 Å². The van der Waals surface area contributed by atoms with E-state index in [1.165, 1.54) is 0 Å². The van der Waals surface area contributed by atoms with Crippen LogP contribution < -0.4 is 5.32 Å². The molecule has 2 atom stereocenters. The van der Waals surface area contributed by atoms with Crippen LogP contribution in [0.25, 0.3) is 0 Å². The van der Waals surface area contributed by atoms with Crippen LogP contribution in [-0.2, 0) is 0 Å². The third-order valence-corrected chi connectivity index (χ3v) is 1.43. The molecule has 0 aliphatic heterocycles. The Labute approximate surface area is 55.6 Å². The highest BCUT2D eigenvalue weighted by molar-refractivity contribution is 5.06. The third-order valence-electron chi connectivity index (χ3n) is 1.43. The second-order valence-electron chi connectivity index (χ2n) is 2.53. The summed E-state index contributed by atoms with van der Waals surface area (Å²) in [4.78, 5) is 0. The van der Waals surface area contributed by atoms with Gasteiger partial charge in [0.15, 0.2) is 0 Å². The quantitative estimate of drug-likeness (QED) is 0.534. The zero-order valence-corrected chi connectivity index (χ0v) is 5.67. The molecule has 2 heteroatoms. The van der Waals surface area contributed by atoms with E-state index < -0.39 is 0 Å². The summed E-state index contributed by atoms with van der Waals surface area (Å²) in [5.41, 5.74) is 0. The summed E-state index contributed by atoms with van der Waals surface area (Å²) in [6.07, 6.45) is 5.13. The molecule has 0 spiro atoms. The standard InChI is InChI=1S/C7H13NO/c1-6(9)5-8-7-3-2-4-7/h2-3,6-9H,4-5H2,1H3/t6-,7?/m1/s1. The van der Waals surface area contributed by atoms with Crippen molar-refractivity contribution < 1.29 is 5.11 Å². The van der Waals surface area contributed by atoms with E-state index in [-0.39, 0.29) is 6.10 Å². The zero-order chi connectivity index (χ0) is 6.69. The van der Waals surface area contributed by atoms with Gasteiger partial charge >= 0.3 is 0 Å². The number of aliphatic hydroxyl groups is 1. The van der Waals surface area contributed by atoms with Gasteiger partial charge in [-0.2, -0.15) is 0 Å². The Balaban J connectivity index is 1.99. The Morgan fingerprint density at radius 2 is 2.56 bits per heavy atom. The van der Waals surface area contributed by atoms with Gasteiger partial charge < -0.3 is 10.4 Å². The first-order valence-corrected chi connectivity index (χ1v) is 3.37. The highest BCUT2D eigenvalue weighted by Gasteiger charge is 2.08. The van der Waals surface area contributed by atoms with Crippen LogP contribution in [0.1, 0.15) is 13.3 Å². The lowest BCUT2D eigenvalue weighted by atomic mass is 10.0. The van der Waals surface area contributed by atoms with E-state index in [2.05, 4.69) is 17.5 Å². The highest BCUT2D eigenvalue weighted by Crippen LogP contribution is 2.05. The minimum atomic E-state index is -0.223. The van der Waals surface area contributed by atoms with E-state index >= 15 is 0 Å². The molecule has 0 amide bonds. The van der Waals surface area contributed by atoms with Crippen LogP contribution in [0.15, 0.2) is 12.2 Å². The first kappa shape index (κ1) is 6.78. The van der Waals surface area contributed by atoms with Crippen LogP contribution in [0.5, 0.6) is 0 Å². The topological polar surface area (TPSA) is 32.3 Å². The average Bonchev–Trinajstić information content (AvgIpc) is 1.60. The summed E-state index contributed by atoms with van der Waals surface area (Å²) in [7, 11) is 0. The molecule has 1 aliphatic rings. The van der Waals surface area contributed by atoms with Crippen molar-refractivity contribution in [3.8, 4) is 0 Å². The maximum absolute atomic E-state index is 8.83. The SMILES string of the molecule is C[C@@H](O)CNC1C=CC1. The predicted molar refractivity (Wildman–Crippen MR) is 37.2 cm³/mol. The molecular weight excluding hydrogens is 114 g/mol. The summed E-state index contributed by atoms with van der Waals surface area (Å²) in [6, 6.07) is 0.527. The number of hydrogen-bond acceptors (Lipinski definition) is 2. The van der Waals surface area contributed by atoms with Gasteiger partial charge in [-0.15, -0.1) is 0 Å². The second kappa shape index (κ2) is 2.99. The van der Waals surface area contributed by atoms with Gasteiger partial charge in [0.2, 0.25) is 0 Å². The lowest BCUT2D eigenvalue weighted by Crippen LogP contribution is -2.35.